The average Bonchev–Trinajstić information content (AvgIpc) is 2.79. The molecule has 0 saturated heterocycles. The fourth-order valence-electron chi connectivity index (χ4n) is 3.31. The van der Waals surface area contributed by atoms with E-state index in [2.05, 4.69) is 0 Å². The van der Waals surface area contributed by atoms with Crippen molar-refractivity contribution in [3.05, 3.63) is 96.6 Å². The van der Waals surface area contributed by atoms with Crippen molar-refractivity contribution in [2.24, 2.45) is 0 Å². The summed E-state index contributed by atoms with van der Waals surface area (Å²) in [5.74, 6) is 0. The van der Waals surface area contributed by atoms with Crippen molar-refractivity contribution < 1.29 is 21.6 Å². The van der Waals surface area contributed by atoms with Crippen LogP contribution in [0.2, 0.25) is 0 Å². The largest absolute Gasteiger partial charge is 0.302 e. The maximum atomic E-state index is 13.5. The Morgan fingerprint density at radius 3 is 1.43 bits per heavy atom. The van der Waals surface area contributed by atoms with Gasteiger partial charge in [-0.15, -0.1) is 0 Å². The molecule has 0 N–H and O–H groups in total. The minimum atomic E-state index is -4.31. The smallest absolute Gasteiger partial charge is 0.195 e. The minimum Gasteiger partial charge on any atom is -0.302 e. The normalized spacial score (nSPS) is 14.2. The molecular weight excluding hydrogens is 420 g/mol. The zero-order chi connectivity index (χ0) is 21.8. The second kappa shape index (κ2) is 8.53. The van der Waals surface area contributed by atoms with E-state index in [-0.39, 0.29) is 9.79 Å². The van der Waals surface area contributed by atoms with Crippen LogP contribution in [0, 0.1) is 0 Å². The molecule has 5 nitrogen and oxygen atoms in total. The lowest BCUT2D eigenvalue weighted by atomic mass is 9.81. The Hall–Kier alpha value is -2.77. The summed E-state index contributed by atoms with van der Waals surface area (Å²) in [6, 6.07) is 23.5. The molecule has 0 spiro atoms. The van der Waals surface area contributed by atoms with Gasteiger partial charge in [0.1, 0.15) is 6.29 Å². The number of hydrogen-bond donors (Lipinski definition) is 0. The summed E-state index contributed by atoms with van der Waals surface area (Å²) in [7, 11) is -8.61. The van der Waals surface area contributed by atoms with Gasteiger partial charge in [-0.05, 0) is 43.2 Å². The van der Waals surface area contributed by atoms with Crippen molar-refractivity contribution in [1.29, 1.82) is 0 Å². The molecule has 0 fully saturated rings. The topological polar surface area (TPSA) is 85.3 Å². The maximum absolute atomic E-state index is 13.5. The number of sulfone groups is 2. The van der Waals surface area contributed by atoms with Crippen LogP contribution in [0.25, 0.3) is 0 Å². The number of carbonyl (C=O) groups is 1. The summed E-state index contributed by atoms with van der Waals surface area (Å²) in [4.78, 5) is 11.9. The molecule has 0 radical (unpaired) electrons. The first-order valence-corrected chi connectivity index (χ1v) is 12.4. The molecule has 0 aliphatic carbocycles. The number of rotatable bonds is 8. The predicted octanol–water partition coefficient (Wildman–Crippen LogP) is 3.81. The summed E-state index contributed by atoms with van der Waals surface area (Å²) in [6.07, 6.45) is 0.214. The van der Waals surface area contributed by atoms with Crippen LogP contribution in [0.4, 0.5) is 0 Å². The van der Waals surface area contributed by atoms with E-state index in [9.17, 15) is 21.6 Å². The zero-order valence-corrected chi connectivity index (χ0v) is 18.0. The van der Waals surface area contributed by atoms with E-state index >= 15 is 0 Å². The summed E-state index contributed by atoms with van der Waals surface area (Å²) >= 11 is 0. The van der Waals surface area contributed by atoms with Gasteiger partial charge in [0.05, 0.1) is 15.2 Å². The SMILES string of the molecule is C[C@](C=O)(CC(S(=O)(=O)c1ccccc1)S(=O)(=O)c1ccccc1)c1ccccc1. The molecule has 0 amide bonds. The van der Waals surface area contributed by atoms with Crippen LogP contribution in [0.3, 0.4) is 0 Å². The van der Waals surface area contributed by atoms with E-state index in [1.54, 1.807) is 49.4 Å². The van der Waals surface area contributed by atoms with Gasteiger partial charge in [-0.1, -0.05) is 66.7 Å². The molecule has 0 aliphatic heterocycles. The quantitative estimate of drug-likeness (QED) is 0.495. The lowest BCUT2D eigenvalue weighted by Gasteiger charge is -2.29. The predicted molar refractivity (Wildman–Crippen MR) is 116 cm³/mol. The third-order valence-electron chi connectivity index (χ3n) is 5.12. The van der Waals surface area contributed by atoms with E-state index in [1.807, 2.05) is 0 Å². The van der Waals surface area contributed by atoms with Gasteiger partial charge >= 0.3 is 0 Å². The Balaban J connectivity index is 2.19. The van der Waals surface area contributed by atoms with Crippen LogP contribution in [0.5, 0.6) is 0 Å². The first kappa shape index (κ1) is 21.9. The third-order valence-corrected chi connectivity index (χ3v) is 10.2. The molecule has 3 rings (SSSR count). The number of hydrogen-bond acceptors (Lipinski definition) is 5. The highest BCUT2D eigenvalue weighted by Crippen LogP contribution is 2.36. The second-order valence-electron chi connectivity index (χ2n) is 7.25. The van der Waals surface area contributed by atoms with Crippen molar-refractivity contribution in [2.75, 3.05) is 0 Å². The Labute approximate surface area is 177 Å². The molecule has 30 heavy (non-hydrogen) atoms. The Morgan fingerprint density at radius 2 is 1.07 bits per heavy atom. The van der Waals surface area contributed by atoms with Gasteiger partial charge in [-0.3, -0.25) is 0 Å². The van der Waals surface area contributed by atoms with Crippen LogP contribution in [0.1, 0.15) is 18.9 Å². The van der Waals surface area contributed by atoms with Crippen LogP contribution >= 0.6 is 0 Å². The van der Waals surface area contributed by atoms with Gasteiger partial charge in [-0.2, -0.15) is 0 Å². The highest BCUT2D eigenvalue weighted by Gasteiger charge is 2.45. The average molecular weight is 443 g/mol. The Kier molecular flexibility index (Phi) is 6.24. The minimum absolute atomic E-state index is 0.101. The molecule has 156 valence electrons. The summed E-state index contributed by atoms with van der Waals surface area (Å²) in [5, 5.41) is 0. The molecule has 1 atom stereocenters. The summed E-state index contributed by atoms with van der Waals surface area (Å²) < 4.78 is 52.1. The molecule has 3 aromatic rings. The van der Waals surface area contributed by atoms with Crippen LogP contribution in [-0.4, -0.2) is 27.7 Å². The first-order chi connectivity index (χ1) is 14.2. The molecule has 0 aliphatic rings. The van der Waals surface area contributed by atoms with Gasteiger partial charge in [-0.25, -0.2) is 16.8 Å². The van der Waals surface area contributed by atoms with Crippen molar-refractivity contribution in [3.63, 3.8) is 0 Å². The standard InChI is InChI=1S/C23H22O5S2/c1-23(18-24,19-11-5-2-6-12-19)17-22(29(25,26)20-13-7-3-8-14-20)30(27,28)21-15-9-4-10-16-21/h2-16,18,22H,17H2,1H3/t23-/m1/s1. The molecule has 0 bridgehead atoms. The van der Waals surface area contributed by atoms with E-state index < -0.39 is 36.1 Å². The first-order valence-electron chi connectivity index (χ1n) is 9.31. The van der Waals surface area contributed by atoms with Gasteiger partial charge in [0.2, 0.25) is 0 Å². The molecule has 0 unspecified atom stereocenters. The highest BCUT2D eigenvalue weighted by molar-refractivity contribution is 8.09. The van der Waals surface area contributed by atoms with E-state index in [0.717, 1.165) is 0 Å². The Bertz CT molecular complexity index is 1140. The molecule has 0 saturated carbocycles. The van der Waals surface area contributed by atoms with Crippen molar-refractivity contribution in [1.82, 2.24) is 0 Å². The number of benzene rings is 3. The monoisotopic (exact) mass is 442 g/mol. The number of aldehydes is 1. The molecule has 0 heterocycles. The van der Waals surface area contributed by atoms with Crippen molar-refractivity contribution in [3.8, 4) is 0 Å². The van der Waals surface area contributed by atoms with Crippen molar-refractivity contribution >= 4 is 26.0 Å². The molecule has 0 aromatic heterocycles. The van der Waals surface area contributed by atoms with E-state index in [0.29, 0.717) is 11.8 Å². The highest BCUT2D eigenvalue weighted by atomic mass is 32.3. The van der Waals surface area contributed by atoms with Crippen molar-refractivity contribution in [2.45, 2.75) is 33.1 Å². The fourth-order valence-corrected chi connectivity index (χ4v) is 8.12. The van der Waals surface area contributed by atoms with Crippen LogP contribution in [-0.2, 0) is 29.9 Å². The lowest BCUT2D eigenvalue weighted by molar-refractivity contribution is -0.112. The van der Waals surface area contributed by atoms with Gasteiger partial charge in [0, 0.05) is 0 Å². The van der Waals surface area contributed by atoms with Gasteiger partial charge < -0.3 is 4.79 Å². The zero-order valence-electron chi connectivity index (χ0n) is 16.4. The summed E-state index contributed by atoms with van der Waals surface area (Å²) in [5.41, 5.74) is -0.758. The van der Waals surface area contributed by atoms with E-state index in [4.69, 9.17) is 0 Å². The third kappa shape index (κ3) is 4.22. The van der Waals surface area contributed by atoms with Crippen LogP contribution < -0.4 is 0 Å². The molecular formula is C23H22O5S2. The van der Waals surface area contributed by atoms with Gasteiger partial charge in [0.15, 0.2) is 24.3 Å². The van der Waals surface area contributed by atoms with Gasteiger partial charge in [0.25, 0.3) is 0 Å². The Morgan fingerprint density at radius 1 is 0.700 bits per heavy atom. The lowest BCUT2D eigenvalue weighted by Crippen LogP contribution is -2.39. The van der Waals surface area contributed by atoms with E-state index in [1.165, 1.54) is 48.5 Å². The fraction of sp³-hybridized carbons (Fsp3) is 0.174. The number of carbonyl (C=O) groups excluding carboxylic acids is 1. The molecule has 3 aromatic carbocycles. The second-order valence-corrected chi connectivity index (χ2v) is 11.8. The molecule has 7 heteroatoms. The maximum Gasteiger partial charge on any atom is 0.195 e. The van der Waals surface area contributed by atoms with Crippen LogP contribution in [0.15, 0.2) is 101 Å². The summed E-state index contributed by atoms with van der Waals surface area (Å²) in [6.45, 7) is 1.56.